The van der Waals surface area contributed by atoms with Crippen molar-refractivity contribution in [2.45, 2.75) is 52.9 Å². The first kappa shape index (κ1) is 23.8. The number of primary amides is 1. The van der Waals surface area contributed by atoms with Crippen molar-refractivity contribution < 1.29 is 14.3 Å². The number of carbonyl (C=O) groups is 2. The van der Waals surface area contributed by atoms with Crippen molar-refractivity contribution in [1.82, 2.24) is 5.32 Å². The van der Waals surface area contributed by atoms with Crippen LogP contribution in [0.5, 0.6) is 5.75 Å². The van der Waals surface area contributed by atoms with Gasteiger partial charge in [-0.25, -0.2) is 0 Å². The predicted octanol–water partition coefficient (Wildman–Crippen LogP) is 4.80. The monoisotopic (exact) mass is 447 g/mol. The average molecular weight is 448 g/mol. The lowest BCUT2D eigenvalue weighted by Gasteiger charge is -2.13. The summed E-state index contributed by atoms with van der Waals surface area (Å²) in [7, 11) is 0. The molecule has 30 heavy (non-hydrogen) atoms. The molecule has 0 unspecified atom stereocenters. The van der Waals surface area contributed by atoms with Crippen molar-refractivity contribution >= 4 is 45.5 Å². The van der Waals surface area contributed by atoms with Gasteiger partial charge in [-0.1, -0.05) is 45.2 Å². The number of para-hydroxylation sites is 1. The number of hydrogen-bond acceptors (Lipinski definition) is 5. The molecule has 8 heteroatoms. The highest BCUT2D eigenvalue weighted by Gasteiger charge is 2.21. The Labute approximate surface area is 187 Å². The Balaban J connectivity index is 2.05. The summed E-state index contributed by atoms with van der Waals surface area (Å²) < 4.78 is 5.81. The average Bonchev–Trinajstić information content (AvgIpc) is 3.02. The van der Waals surface area contributed by atoms with Crippen LogP contribution in [-0.2, 0) is 6.42 Å². The van der Waals surface area contributed by atoms with Crippen molar-refractivity contribution in [3.63, 3.8) is 0 Å². The van der Waals surface area contributed by atoms with Crippen molar-refractivity contribution in [1.29, 1.82) is 0 Å². The summed E-state index contributed by atoms with van der Waals surface area (Å²) in [5.41, 5.74) is 7.27. The second-order valence-corrected chi connectivity index (χ2v) is 8.51. The highest BCUT2D eigenvalue weighted by molar-refractivity contribution is 7.80. The normalized spacial score (nSPS) is 10.5. The van der Waals surface area contributed by atoms with Gasteiger partial charge < -0.3 is 15.8 Å². The molecule has 1 heterocycles. The number of aryl methyl sites for hydroxylation is 1. The lowest BCUT2D eigenvalue weighted by molar-refractivity contribution is 0.0971. The predicted molar refractivity (Wildman–Crippen MR) is 127 cm³/mol. The van der Waals surface area contributed by atoms with Gasteiger partial charge in [0.1, 0.15) is 10.8 Å². The van der Waals surface area contributed by atoms with Gasteiger partial charge in [-0.2, -0.15) is 0 Å². The Bertz CT molecular complexity index is 909. The van der Waals surface area contributed by atoms with Gasteiger partial charge in [-0.15, -0.1) is 11.3 Å². The van der Waals surface area contributed by atoms with Crippen LogP contribution in [0, 0.1) is 6.92 Å². The second kappa shape index (κ2) is 11.7. The Kier molecular flexibility index (Phi) is 9.26. The highest BCUT2D eigenvalue weighted by atomic mass is 32.1. The number of carbonyl (C=O) groups excluding carboxylic acids is 2. The molecule has 0 aliphatic carbocycles. The maximum absolute atomic E-state index is 12.7. The van der Waals surface area contributed by atoms with Gasteiger partial charge in [0.15, 0.2) is 5.11 Å². The topological polar surface area (TPSA) is 93.4 Å². The minimum atomic E-state index is -0.519. The van der Waals surface area contributed by atoms with E-state index in [0.29, 0.717) is 34.9 Å². The Morgan fingerprint density at radius 2 is 1.90 bits per heavy atom. The molecule has 0 spiro atoms. The third-order valence-electron chi connectivity index (χ3n) is 4.65. The number of hydrogen-bond donors (Lipinski definition) is 3. The molecule has 0 aliphatic rings. The number of benzene rings is 1. The molecule has 2 rings (SSSR count). The van der Waals surface area contributed by atoms with Gasteiger partial charge in [0.25, 0.3) is 11.8 Å². The fourth-order valence-electron chi connectivity index (χ4n) is 3.15. The first-order chi connectivity index (χ1) is 14.4. The van der Waals surface area contributed by atoms with E-state index in [0.717, 1.165) is 29.7 Å². The molecular weight excluding hydrogens is 418 g/mol. The second-order valence-electron chi connectivity index (χ2n) is 6.87. The zero-order chi connectivity index (χ0) is 22.1. The molecule has 0 saturated heterocycles. The number of nitrogens with one attached hydrogen (secondary N) is 2. The van der Waals surface area contributed by atoms with Crippen LogP contribution in [0.4, 0.5) is 5.00 Å². The summed E-state index contributed by atoms with van der Waals surface area (Å²) in [6, 6.07) is 7.07. The molecule has 0 aliphatic heterocycles. The summed E-state index contributed by atoms with van der Waals surface area (Å²) in [4.78, 5) is 25.6. The maximum atomic E-state index is 12.7. The number of anilines is 1. The van der Waals surface area contributed by atoms with Crippen molar-refractivity contribution in [3.05, 3.63) is 45.8 Å². The van der Waals surface area contributed by atoms with Crippen LogP contribution in [-0.4, -0.2) is 23.5 Å². The standard InChI is InChI=1S/C22H29N3O3S2/c1-4-6-7-10-13-28-17-12-9-8-11-16(17)20(27)24-22(29)25-21-18(19(23)26)15(5-2)14(3)30-21/h8-9,11-12H,4-7,10,13H2,1-3H3,(H2,23,26)(H2,24,25,27,29). The van der Waals surface area contributed by atoms with Gasteiger partial charge in [0.05, 0.1) is 17.7 Å². The summed E-state index contributed by atoms with van der Waals surface area (Å²) in [5.74, 6) is -0.372. The van der Waals surface area contributed by atoms with Crippen LogP contribution in [0.1, 0.15) is 70.7 Å². The number of thiophene rings is 1. The summed E-state index contributed by atoms with van der Waals surface area (Å²) >= 11 is 6.69. The largest absolute Gasteiger partial charge is 0.493 e. The fraction of sp³-hybridized carbons (Fsp3) is 0.409. The van der Waals surface area contributed by atoms with Gasteiger partial charge in [-0.05, 0) is 49.7 Å². The third kappa shape index (κ3) is 6.27. The van der Waals surface area contributed by atoms with E-state index in [1.807, 2.05) is 19.9 Å². The van der Waals surface area contributed by atoms with Crippen molar-refractivity contribution in [3.8, 4) is 5.75 Å². The number of unbranched alkanes of at least 4 members (excludes halogenated alkanes) is 3. The first-order valence-corrected chi connectivity index (χ1v) is 11.4. The van der Waals surface area contributed by atoms with E-state index in [-0.39, 0.29) is 11.0 Å². The zero-order valence-electron chi connectivity index (χ0n) is 17.7. The first-order valence-electron chi connectivity index (χ1n) is 10.1. The summed E-state index contributed by atoms with van der Waals surface area (Å²) in [6.45, 7) is 6.61. The molecule has 1 aromatic carbocycles. The van der Waals surface area contributed by atoms with Crippen molar-refractivity contribution in [2.24, 2.45) is 5.73 Å². The van der Waals surface area contributed by atoms with E-state index in [1.165, 1.54) is 17.8 Å². The lowest BCUT2D eigenvalue weighted by atomic mass is 10.1. The molecule has 162 valence electrons. The molecule has 0 bridgehead atoms. The zero-order valence-corrected chi connectivity index (χ0v) is 19.3. The Hall–Kier alpha value is -2.45. The van der Waals surface area contributed by atoms with Gasteiger partial charge in [-0.3, -0.25) is 14.9 Å². The van der Waals surface area contributed by atoms with Crippen LogP contribution in [0.15, 0.2) is 24.3 Å². The molecular formula is C22H29N3O3S2. The van der Waals surface area contributed by atoms with E-state index in [4.69, 9.17) is 22.7 Å². The van der Waals surface area contributed by atoms with Crippen LogP contribution < -0.4 is 21.1 Å². The molecule has 0 radical (unpaired) electrons. The fourth-order valence-corrected chi connectivity index (χ4v) is 4.56. The van der Waals surface area contributed by atoms with Crippen LogP contribution in [0.2, 0.25) is 0 Å². The Morgan fingerprint density at radius 3 is 2.57 bits per heavy atom. The van der Waals surface area contributed by atoms with Crippen LogP contribution in [0.3, 0.4) is 0 Å². The van der Waals surface area contributed by atoms with Crippen LogP contribution >= 0.6 is 23.6 Å². The highest BCUT2D eigenvalue weighted by Crippen LogP contribution is 2.33. The quantitative estimate of drug-likeness (QED) is 0.359. The molecule has 1 aromatic heterocycles. The van der Waals surface area contributed by atoms with Gasteiger partial charge in [0.2, 0.25) is 0 Å². The lowest BCUT2D eigenvalue weighted by Crippen LogP contribution is -2.34. The van der Waals surface area contributed by atoms with E-state index in [9.17, 15) is 9.59 Å². The number of nitrogens with two attached hydrogens (primary N) is 1. The summed E-state index contributed by atoms with van der Waals surface area (Å²) in [5, 5.41) is 6.26. The number of amides is 2. The molecule has 2 amide bonds. The molecule has 0 fully saturated rings. The smallest absolute Gasteiger partial charge is 0.261 e. The van der Waals surface area contributed by atoms with E-state index in [2.05, 4.69) is 17.6 Å². The number of ether oxygens (including phenoxy) is 1. The van der Waals surface area contributed by atoms with E-state index in [1.54, 1.807) is 18.2 Å². The Morgan fingerprint density at radius 1 is 1.17 bits per heavy atom. The minimum absolute atomic E-state index is 0.101. The third-order valence-corrected chi connectivity index (χ3v) is 5.92. The van der Waals surface area contributed by atoms with Gasteiger partial charge >= 0.3 is 0 Å². The molecule has 2 aromatic rings. The molecule has 4 N–H and O–H groups in total. The number of thiocarbonyl (C=S) groups is 1. The maximum Gasteiger partial charge on any atom is 0.261 e. The SMILES string of the molecule is CCCCCCOc1ccccc1C(=O)NC(=S)Nc1sc(C)c(CC)c1C(N)=O. The number of rotatable bonds is 10. The van der Waals surface area contributed by atoms with Crippen molar-refractivity contribution in [2.75, 3.05) is 11.9 Å². The van der Waals surface area contributed by atoms with Gasteiger partial charge in [0, 0.05) is 4.88 Å². The minimum Gasteiger partial charge on any atom is -0.493 e. The molecule has 6 nitrogen and oxygen atoms in total. The molecule has 0 atom stereocenters. The van der Waals surface area contributed by atoms with E-state index < -0.39 is 5.91 Å². The van der Waals surface area contributed by atoms with Crippen LogP contribution in [0.25, 0.3) is 0 Å². The van der Waals surface area contributed by atoms with E-state index >= 15 is 0 Å². The summed E-state index contributed by atoms with van der Waals surface area (Å²) in [6.07, 6.45) is 5.05. The molecule has 0 saturated carbocycles.